The van der Waals surface area contributed by atoms with Gasteiger partial charge in [-0.05, 0) is 61.6 Å². The first-order valence-corrected chi connectivity index (χ1v) is 12.2. The molecule has 0 bridgehead atoms. The SMILES string of the molecule is CC(=O)N1c2ccc(-c3ccc(CN4CCNCC4)cc3)cc2[C@H](NC(=O)OC(C)C)C[C@@H]1C. The Morgan fingerprint density at radius 2 is 1.76 bits per heavy atom. The number of piperazine rings is 1. The first-order valence-electron chi connectivity index (χ1n) is 12.2. The second-order valence-corrected chi connectivity index (χ2v) is 9.62. The Morgan fingerprint density at radius 3 is 2.41 bits per heavy atom. The lowest BCUT2D eigenvalue weighted by molar-refractivity contribution is -0.117. The highest BCUT2D eigenvalue weighted by Gasteiger charge is 2.33. The van der Waals surface area contributed by atoms with E-state index in [0.29, 0.717) is 6.42 Å². The summed E-state index contributed by atoms with van der Waals surface area (Å²) in [6.45, 7) is 12.5. The van der Waals surface area contributed by atoms with Gasteiger partial charge in [-0.25, -0.2) is 4.79 Å². The Kier molecular flexibility index (Phi) is 7.54. The Bertz CT molecular complexity index is 1020. The van der Waals surface area contributed by atoms with Crippen molar-refractivity contribution < 1.29 is 14.3 Å². The number of amides is 2. The van der Waals surface area contributed by atoms with E-state index in [4.69, 9.17) is 4.74 Å². The zero-order chi connectivity index (χ0) is 24.2. The molecule has 2 N–H and O–H groups in total. The molecule has 0 aromatic heterocycles. The summed E-state index contributed by atoms with van der Waals surface area (Å²) in [5.41, 5.74) is 5.27. The molecule has 2 aromatic carbocycles. The summed E-state index contributed by atoms with van der Waals surface area (Å²) in [7, 11) is 0. The minimum absolute atomic E-state index is 0.00183. The Hall–Kier alpha value is -2.90. The van der Waals surface area contributed by atoms with Crippen molar-refractivity contribution in [1.82, 2.24) is 15.5 Å². The van der Waals surface area contributed by atoms with Gasteiger partial charge in [0, 0.05) is 51.4 Å². The van der Waals surface area contributed by atoms with Crippen molar-refractivity contribution in [2.45, 2.75) is 58.8 Å². The summed E-state index contributed by atoms with van der Waals surface area (Å²) in [5, 5.41) is 6.41. The van der Waals surface area contributed by atoms with E-state index in [0.717, 1.165) is 55.1 Å². The topological polar surface area (TPSA) is 73.9 Å². The van der Waals surface area contributed by atoms with Crippen molar-refractivity contribution in [1.29, 1.82) is 0 Å². The molecule has 0 aliphatic carbocycles. The highest BCUT2D eigenvalue weighted by Crippen LogP contribution is 2.39. The van der Waals surface area contributed by atoms with E-state index in [1.807, 2.05) is 31.7 Å². The van der Waals surface area contributed by atoms with Crippen molar-refractivity contribution in [3.05, 3.63) is 53.6 Å². The third-order valence-corrected chi connectivity index (χ3v) is 6.56. The molecule has 0 unspecified atom stereocenters. The molecule has 2 heterocycles. The van der Waals surface area contributed by atoms with Gasteiger partial charge in [0.25, 0.3) is 0 Å². The standard InChI is InChI=1S/C27H36N4O3/c1-18(2)34-27(33)29-25-15-19(3)31(20(4)32)26-10-9-23(16-24(25)26)22-7-5-21(6-8-22)17-30-13-11-28-12-14-30/h5-10,16,18-19,25,28H,11-15,17H2,1-4H3,(H,29,33)/t19-,25+/m0/s1. The summed E-state index contributed by atoms with van der Waals surface area (Å²) in [5.74, 6) is 0.00183. The number of nitrogens with zero attached hydrogens (tertiary/aromatic N) is 2. The maximum atomic E-state index is 12.4. The maximum absolute atomic E-state index is 12.4. The first kappa shape index (κ1) is 24.2. The summed E-state index contributed by atoms with van der Waals surface area (Å²) < 4.78 is 5.33. The van der Waals surface area contributed by atoms with Crippen LogP contribution < -0.4 is 15.5 Å². The first-order chi connectivity index (χ1) is 16.3. The van der Waals surface area contributed by atoms with Crippen LogP contribution in [0.15, 0.2) is 42.5 Å². The average Bonchev–Trinajstić information content (AvgIpc) is 2.79. The third kappa shape index (κ3) is 5.59. The fourth-order valence-electron chi connectivity index (χ4n) is 4.98. The van der Waals surface area contributed by atoms with Crippen molar-refractivity contribution in [2.24, 2.45) is 0 Å². The Labute approximate surface area is 202 Å². The van der Waals surface area contributed by atoms with E-state index in [-0.39, 0.29) is 24.1 Å². The maximum Gasteiger partial charge on any atom is 0.407 e. The number of fused-ring (bicyclic) bond motifs is 1. The second kappa shape index (κ2) is 10.6. The van der Waals surface area contributed by atoms with Gasteiger partial charge in [0.1, 0.15) is 0 Å². The number of anilines is 1. The molecule has 2 amide bonds. The molecule has 1 saturated heterocycles. The molecule has 1 fully saturated rings. The van der Waals surface area contributed by atoms with E-state index in [1.54, 1.807) is 6.92 Å². The molecule has 34 heavy (non-hydrogen) atoms. The predicted molar refractivity (Wildman–Crippen MR) is 135 cm³/mol. The van der Waals surface area contributed by atoms with Crippen LogP contribution in [0.1, 0.15) is 51.3 Å². The van der Waals surface area contributed by atoms with Gasteiger partial charge in [-0.3, -0.25) is 9.69 Å². The fourth-order valence-corrected chi connectivity index (χ4v) is 4.98. The number of rotatable bonds is 5. The van der Waals surface area contributed by atoms with E-state index in [1.165, 1.54) is 5.56 Å². The van der Waals surface area contributed by atoms with Crippen LogP contribution in [-0.2, 0) is 16.1 Å². The second-order valence-electron chi connectivity index (χ2n) is 9.62. The van der Waals surface area contributed by atoms with Crippen LogP contribution in [0.25, 0.3) is 11.1 Å². The van der Waals surface area contributed by atoms with Crippen LogP contribution in [0.3, 0.4) is 0 Å². The third-order valence-electron chi connectivity index (χ3n) is 6.56. The average molecular weight is 465 g/mol. The lowest BCUT2D eigenvalue weighted by Crippen LogP contribution is -2.45. The lowest BCUT2D eigenvalue weighted by atomic mass is 9.89. The molecule has 2 aliphatic rings. The molecule has 7 heteroatoms. The summed E-state index contributed by atoms with van der Waals surface area (Å²) in [6, 6.07) is 14.6. The number of hydrogen-bond donors (Lipinski definition) is 2. The molecule has 0 spiro atoms. The highest BCUT2D eigenvalue weighted by molar-refractivity contribution is 5.94. The normalized spacial score (nSPS) is 20.7. The van der Waals surface area contributed by atoms with Gasteiger partial charge in [0.15, 0.2) is 0 Å². The van der Waals surface area contributed by atoms with Gasteiger partial charge in [0.2, 0.25) is 5.91 Å². The summed E-state index contributed by atoms with van der Waals surface area (Å²) >= 11 is 0. The predicted octanol–water partition coefficient (Wildman–Crippen LogP) is 4.08. The monoisotopic (exact) mass is 464 g/mol. The fraction of sp³-hybridized carbons (Fsp3) is 0.481. The zero-order valence-electron chi connectivity index (χ0n) is 20.6. The molecule has 182 valence electrons. The van der Waals surface area contributed by atoms with Gasteiger partial charge in [-0.15, -0.1) is 0 Å². The molecule has 7 nitrogen and oxygen atoms in total. The lowest BCUT2D eigenvalue weighted by Gasteiger charge is -2.39. The van der Waals surface area contributed by atoms with Gasteiger partial charge in [-0.2, -0.15) is 0 Å². The van der Waals surface area contributed by atoms with E-state index in [9.17, 15) is 9.59 Å². The van der Waals surface area contributed by atoms with E-state index >= 15 is 0 Å². The molecule has 4 rings (SSSR count). The van der Waals surface area contributed by atoms with Crippen LogP contribution in [0.2, 0.25) is 0 Å². The van der Waals surface area contributed by atoms with Gasteiger partial charge in [-0.1, -0.05) is 30.3 Å². The smallest absolute Gasteiger partial charge is 0.407 e. The quantitative estimate of drug-likeness (QED) is 0.698. The largest absolute Gasteiger partial charge is 0.447 e. The molecule has 2 aliphatic heterocycles. The van der Waals surface area contributed by atoms with Gasteiger partial charge in [0.05, 0.1) is 12.1 Å². The molecule has 2 aromatic rings. The number of alkyl carbamates (subject to hydrolysis) is 1. The van der Waals surface area contributed by atoms with Crippen LogP contribution in [0, 0.1) is 0 Å². The molecular weight excluding hydrogens is 428 g/mol. The number of nitrogens with one attached hydrogen (secondary N) is 2. The summed E-state index contributed by atoms with van der Waals surface area (Å²) in [6.07, 6.45) is 0.00435. The van der Waals surface area contributed by atoms with Crippen LogP contribution in [-0.4, -0.2) is 55.2 Å². The number of carbonyl (C=O) groups excluding carboxylic acids is 2. The number of benzene rings is 2. The van der Waals surface area contributed by atoms with E-state index < -0.39 is 6.09 Å². The molecule has 2 atom stereocenters. The zero-order valence-corrected chi connectivity index (χ0v) is 20.6. The van der Waals surface area contributed by atoms with Crippen LogP contribution >= 0.6 is 0 Å². The highest BCUT2D eigenvalue weighted by atomic mass is 16.6. The van der Waals surface area contributed by atoms with Gasteiger partial charge >= 0.3 is 6.09 Å². The molecule has 0 radical (unpaired) electrons. The Morgan fingerprint density at radius 1 is 1.09 bits per heavy atom. The van der Waals surface area contributed by atoms with Crippen LogP contribution in [0.4, 0.5) is 10.5 Å². The van der Waals surface area contributed by atoms with E-state index in [2.05, 4.69) is 51.9 Å². The van der Waals surface area contributed by atoms with Crippen LogP contribution in [0.5, 0.6) is 0 Å². The van der Waals surface area contributed by atoms with Crippen molar-refractivity contribution in [3.8, 4) is 11.1 Å². The van der Waals surface area contributed by atoms with Gasteiger partial charge < -0.3 is 20.3 Å². The number of ether oxygens (including phenoxy) is 1. The van der Waals surface area contributed by atoms with Crippen molar-refractivity contribution in [3.63, 3.8) is 0 Å². The number of carbonyl (C=O) groups is 2. The molecule has 0 saturated carbocycles. The summed E-state index contributed by atoms with van der Waals surface area (Å²) in [4.78, 5) is 29.1. The minimum Gasteiger partial charge on any atom is -0.447 e. The van der Waals surface area contributed by atoms with Crippen molar-refractivity contribution in [2.75, 3.05) is 31.1 Å². The Balaban J connectivity index is 1.59. The minimum atomic E-state index is -0.433. The number of hydrogen-bond acceptors (Lipinski definition) is 5. The molecular formula is C27H36N4O3. The van der Waals surface area contributed by atoms with Crippen molar-refractivity contribution >= 4 is 17.7 Å².